The Morgan fingerprint density at radius 3 is 2.61 bits per heavy atom. The van der Waals surface area contributed by atoms with Crippen molar-refractivity contribution < 1.29 is 0 Å². The molecule has 2 fully saturated rings. The molecule has 0 aromatic heterocycles. The molecular weight excluding hydrogens is 220 g/mol. The van der Waals surface area contributed by atoms with Gasteiger partial charge in [0.1, 0.15) is 0 Å². The zero-order valence-electron chi connectivity index (χ0n) is 12.7. The van der Waals surface area contributed by atoms with Crippen LogP contribution >= 0.6 is 0 Å². The van der Waals surface area contributed by atoms with Gasteiger partial charge in [-0.2, -0.15) is 0 Å². The van der Waals surface area contributed by atoms with E-state index in [4.69, 9.17) is 0 Å². The zero-order valence-corrected chi connectivity index (χ0v) is 12.7. The van der Waals surface area contributed by atoms with E-state index in [0.29, 0.717) is 5.41 Å². The van der Waals surface area contributed by atoms with Crippen LogP contribution in [0.15, 0.2) is 0 Å². The maximum atomic E-state index is 3.98. The molecule has 0 aromatic carbocycles. The van der Waals surface area contributed by atoms with E-state index in [0.717, 1.165) is 12.1 Å². The van der Waals surface area contributed by atoms with Crippen molar-refractivity contribution in [2.24, 2.45) is 5.41 Å². The lowest BCUT2D eigenvalue weighted by Crippen LogP contribution is -2.44. The second-order valence-electron chi connectivity index (χ2n) is 7.07. The fraction of sp³-hybridized carbons (Fsp3) is 1.00. The van der Waals surface area contributed by atoms with Gasteiger partial charge in [0.15, 0.2) is 0 Å². The first-order valence-corrected chi connectivity index (χ1v) is 8.10. The van der Waals surface area contributed by atoms with E-state index in [-0.39, 0.29) is 0 Å². The van der Waals surface area contributed by atoms with Crippen molar-refractivity contribution in [3.63, 3.8) is 0 Å². The molecule has 1 N–H and O–H groups in total. The molecule has 0 bridgehead atoms. The van der Waals surface area contributed by atoms with Crippen molar-refractivity contribution in [2.45, 2.75) is 77.8 Å². The molecule has 2 unspecified atom stereocenters. The van der Waals surface area contributed by atoms with Crippen LogP contribution in [0.5, 0.6) is 0 Å². The largest absolute Gasteiger partial charge is 0.311 e. The first-order chi connectivity index (χ1) is 8.62. The van der Waals surface area contributed by atoms with Crippen molar-refractivity contribution in [1.29, 1.82) is 0 Å². The van der Waals surface area contributed by atoms with Gasteiger partial charge in [0.2, 0.25) is 0 Å². The van der Waals surface area contributed by atoms with E-state index in [1.54, 1.807) is 0 Å². The third kappa shape index (κ3) is 3.71. The predicted octanol–water partition coefficient (Wildman–Crippen LogP) is 3.42. The first kappa shape index (κ1) is 14.3. The van der Waals surface area contributed by atoms with E-state index in [1.165, 1.54) is 64.6 Å². The Bertz CT molecular complexity index is 249. The van der Waals surface area contributed by atoms with Gasteiger partial charge < -0.3 is 10.2 Å². The van der Waals surface area contributed by atoms with Gasteiger partial charge in [-0.3, -0.25) is 0 Å². The summed E-state index contributed by atoms with van der Waals surface area (Å²) in [5.74, 6) is 0. The van der Waals surface area contributed by atoms with E-state index in [1.807, 2.05) is 0 Å². The summed E-state index contributed by atoms with van der Waals surface area (Å²) in [4.78, 5) is 2.65. The number of hydrogen-bond donors (Lipinski definition) is 1. The van der Waals surface area contributed by atoms with Gasteiger partial charge in [0, 0.05) is 12.1 Å². The Morgan fingerprint density at radius 1 is 1.11 bits per heavy atom. The lowest BCUT2D eigenvalue weighted by molar-refractivity contribution is 0.246. The monoisotopic (exact) mass is 252 g/mol. The first-order valence-electron chi connectivity index (χ1n) is 8.10. The van der Waals surface area contributed by atoms with Gasteiger partial charge in [-0.15, -0.1) is 0 Å². The van der Waals surface area contributed by atoms with Crippen LogP contribution in [0.3, 0.4) is 0 Å². The van der Waals surface area contributed by atoms with Crippen molar-refractivity contribution in [3.8, 4) is 0 Å². The number of likely N-dealkylation sites (tertiary alicyclic amines) is 1. The highest BCUT2D eigenvalue weighted by atomic mass is 15.1. The van der Waals surface area contributed by atoms with Gasteiger partial charge >= 0.3 is 0 Å². The highest BCUT2D eigenvalue weighted by Crippen LogP contribution is 2.37. The molecule has 2 aliphatic rings. The fourth-order valence-electron chi connectivity index (χ4n) is 3.78. The number of hydrogen-bond acceptors (Lipinski definition) is 2. The molecule has 2 nitrogen and oxygen atoms in total. The van der Waals surface area contributed by atoms with Gasteiger partial charge in [-0.25, -0.2) is 0 Å². The molecule has 1 heterocycles. The van der Waals surface area contributed by atoms with E-state index >= 15 is 0 Å². The van der Waals surface area contributed by atoms with Crippen LogP contribution in [0.2, 0.25) is 0 Å². The van der Waals surface area contributed by atoms with Crippen LogP contribution in [0.1, 0.15) is 65.7 Å². The van der Waals surface area contributed by atoms with E-state index in [9.17, 15) is 0 Å². The van der Waals surface area contributed by atoms with Gasteiger partial charge in [-0.1, -0.05) is 27.2 Å². The Morgan fingerprint density at radius 2 is 1.94 bits per heavy atom. The van der Waals surface area contributed by atoms with Crippen molar-refractivity contribution in [3.05, 3.63) is 0 Å². The molecule has 106 valence electrons. The van der Waals surface area contributed by atoms with Gasteiger partial charge in [-0.05, 0) is 63.6 Å². The number of nitrogens with one attached hydrogen (secondary N) is 1. The van der Waals surface area contributed by atoms with Crippen molar-refractivity contribution in [1.82, 2.24) is 10.2 Å². The average molecular weight is 252 g/mol. The van der Waals surface area contributed by atoms with Crippen LogP contribution in [-0.2, 0) is 0 Å². The summed E-state index contributed by atoms with van der Waals surface area (Å²) in [6.45, 7) is 11.1. The molecule has 0 amide bonds. The highest BCUT2D eigenvalue weighted by Gasteiger charge is 2.35. The Hall–Kier alpha value is -0.0800. The maximum absolute atomic E-state index is 3.98. The minimum absolute atomic E-state index is 0.523. The summed E-state index contributed by atoms with van der Waals surface area (Å²) < 4.78 is 0. The molecule has 2 rings (SSSR count). The van der Waals surface area contributed by atoms with Crippen LogP contribution in [0.25, 0.3) is 0 Å². The van der Waals surface area contributed by atoms with Gasteiger partial charge in [0.25, 0.3) is 0 Å². The number of nitrogens with zero attached hydrogens (tertiary/aromatic N) is 1. The molecule has 1 saturated carbocycles. The Balaban J connectivity index is 1.80. The molecule has 18 heavy (non-hydrogen) atoms. The maximum Gasteiger partial charge on any atom is 0.0121 e. The Kier molecular flexibility index (Phi) is 5.08. The topological polar surface area (TPSA) is 15.3 Å². The molecular formula is C16H32N2. The molecule has 2 atom stereocenters. The SMILES string of the molecule is CCCN1CCCC(NC2CCCC2(C)C)CC1. The third-order valence-corrected chi connectivity index (χ3v) is 5.05. The summed E-state index contributed by atoms with van der Waals surface area (Å²) in [6, 6.07) is 1.54. The molecule has 1 aliphatic heterocycles. The van der Waals surface area contributed by atoms with E-state index in [2.05, 4.69) is 31.0 Å². The standard InChI is InChI=1S/C16H32N2/c1-4-11-18-12-6-7-14(9-13-18)17-15-8-5-10-16(15,2)3/h14-15,17H,4-13H2,1-3H3. The normalized spacial score (nSPS) is 33.5. The summed E-state index contributed by atoms with van der Waals surface area (Å²) in [7, 11) is 0. The van der Waals surface area contributed by atoms with Gasteiger partial charge in [0.05, 0.1) is 0 Å². The summed E-state index contributed by atoms with van der Waals surface area (Å²) in [5, 5.41) is 3.98. The minimum Gasteiger partial charge on any atom is -0.311 e. The van der Waals surface area contributed by atoms with E-state index < -0.39 is 0 Å². The second-order valence-corrected chi connectivity index (χ2v) is 7.07. The molecule has 0 spiro atoms. The zero-order chi connectivity index (χ0) is 13.0. The molecule has 0 aromatic rings. The van der Waals surface area contributed by atoms with Crippen molar-refractivity contribution in [2.75, 3.05) is 19.6 Å². The molecule has 1 aliphatic carbocycles. The Labute approximate surface area is 114 Å². The third-order valence-electron chi connectivity index (χ3n) is 5.05. The second kappa shape index (κ2) is 6.38. The van der Waals surface area contributed by atoms with Crippen LogP contribution in [0, 0.1) is 5.41 Å². The quantitative estimate of drug-likeness (QED) is 0.825. The lowest BCUT2D eigenvalue weighted by Gasteiger charge is -2.32. The van der Waals surface area contributed by atoms with Crippen LogP contribution < -0.4 is 5.32 Å². The highest BCUT2D eigenvalue weighted by molar-refractivity contribution is 4.92. The summed E-state index contributed by atoms with van der Waals surface area (Å²) in [5.41, 5.74) is 0.523. The smallest absolute Gasteiger partial charge is 0.0121 e. The predicted molar refractivity (Wildman–Crippen MR) is 78.9 cm³/mol. The molecule has 1 saturated heterocycles. The lowest BCUT2D eigenvalue weighted by atomic mass is 9.86. The molecule has 2 heteroatoms. The van der Waals surface area contributed by atoms with Crippen LogP contribution in [-0.4, -0.2) is 36.6 Å². The minimum atomic E-state index is 0.523. The average Bonchev–Trinajstić information content (AvgIpc) is 2.51. The van der Waals surface area contributed by atoms with Crippen LogP contribution in [0.4, 0.5) is 0 Å². The van der Waals surface area contributed by atoms with Crippen molar-refractivity contribution >= 4 is 0 Å². The summed E-state index contributed by atoms with van der Waals surface area (Å²) >= 11 is 0. The number of rotatable bonds is 4. The molecule has 0 radical (unpaired) electrons. The summed E-state index contributed by atoms with van der Waals surface area (Å²) in [6.07, 6.45) is 9.62. The fourth-order valence-corrected chi connectivity index (χ4v) is 3.78.